The Kier molecular flexibility index (Phi) is 3.93. The summed E-state index contributed by atoms with van der Waals surface area (Å²) in [7, 11) is 3.28. The summed E-state index contributed by atoms with van der Waals surface area (Å²) >= 11 is 0. The number of hydrogen-bond donors (Lipinski definition) is 0. The zero-order valence-corrected chi connectivity index (χ0v) is 9.45. The molecule has 0 aromatic heterocycles. The van der Waals surface area contributed by atoms with Crippen LogP contribution in [0, 0.1) is 0 Å². The van der Waals surface area contributed by atoms with Crippen LogP contribution in [-0.4, -0.2) is 25.3 Å². The Morgan fingerprint density at radius 1 is 1.24 bits per heavy atom. The first-order chi connectivity index (χ1) is 7.86. The largest absolute Gasteiger partial charge is 0.417 e. The molecule has 0 aliphatic carbocycles. The molecule has 5 heteroatoms. The van der Waals surface area contributed by atoms with Crippen molar-refractivity contribution in [2.24, 2.45) is 0 Å². The van der Waals surface area contributed by atoms with Crippen LogP contribution < -0.4 is 0 Å². The van der Waals surface area contributed by atoms with Crippen LogP contribution in [0.25, 0.3) is 5.57 Å². The molecule has 1 aromatic carbocycles. The monoisotopic (exact) mass is 243 g/mol. The molecule has 0 unspecified atom stereocenters. The van der Waals surface area contributed by atoms with Gasteiger partial charge >= 0.3 is 6.18 Å². The quantitative estimate of drug-likeness (QED) is 0.601. The lowest BCUT2D eigenvalue weighted by atomic mass is 10.0. The highest BCUT2D eigenvalue weighted by molar-refractivity contribution is 6.07. The first-order valence-corrected chi connectivity index (χ1v) is 4.86. The van der Waals surface area contributed by atoms with Gasteiger partial charge in [-0.05, 0) is 11.6 Å². The molecule has 0 bridgehead atoms. The van der Waals surface area contributed by atoms with Gasteiger partial charge in [0.1, 0.15) is 0 Å². The van der Waals surface area contributed by atoms with Gasteiger partial charge in [-0.1, -0.05) is 18.2 Å². The predicted molar refractivity (Wildman–Crippen MR) is 59.2 cm³/mol. The molecule has 0 atom stereocenters. The van der Waals surface area contributed by atoms with E-state index in [4.69, 9.17) is 0 Å². The summed E-state index contributed by atoms with van der Waals surface area (Å²) in [4.78, 5) is 12.4. The summed E-state index contributed by atoms with van der Waals surface area (Å²) in [6.07, 6.45) is -2.69. The molecule has 1 aromatic rings. The summed E-state index contributed by atoms with van der Waals surface area (Å²) < 4.78 is 38.2. The number of allylic oxidation sites excluding steroid dienone is 1. The Morgan fingerprint density at radius 3 is 2.29 bits per heavy atom. The van der Waals surface area contributed by atoms with Gasteiger partial charge in [-0.3, -0.25) is 4.79 Å². The third-order valence-corrected chi connectivity index (χ3v) is 2.07. The molecule has 17 heavy (non-hydrogen) atoms. The van der Waals surface area contributed by atoms with Gasteiger partial charge in [-0.15, -0.1) is 0 Å². The summed E-state index contributed by atoms with van der Waals surface area (Å²) in [6.45, 7) is 0. The number of carbonyl (C=O) groups is 1. The fourth-order valence-corrected chi connectivity index (χ4v) is 1.42. The molecule has 0 radical (unpaired) electrons. The van der Waals surface area contributed by atoms with E-state index in [0.717, 1.165) is 6.07 Å². The van der Waals surface area contributed by atoms with E-state index in [0.29, 0.717) is 6.29 Å². The molecule has 92 valence electrons. The van der Waals surface area contributed by atoms with E-state index in [1.807, 2.05) is 0 Å². The van der Waals surface area contributed by atoms with Crippen molar-refractivity contribution >= 4 is 11.9 Å². The van der Waals surface area contributed by atoms with Crippen molar-refractivity contribution in [2.75, 3.05) is 14.1 Å². The number of nitrogens with zero attached hydrogens (tertiary/aromatic N) is 1. The molecule has 1 rings (SSSR count). The van der Waals surface area contributed by atoms with E-state index in [1.165, 1.54) is 29.3 Å². The van der Waals surface area contributed by atoms with Crippen LogP contribution in [0.4, 0.5) is 13.2 Å². The van der Waals surface area contributed by atoms with Gasteiger partial charge in [-0.2, -0.15) is 13.2 Å². The van der Waals surface area contributed by atoms with E-state index in [2.05, 4.69) is 0 Å². The minimum absolute atomic E-state index is 0.00271. The lowest BCUT2D eigenvalue weighted by molar-refractivity contribution is -0.137. The number of carbonyl (C=O) groups excluding carboxylic acids is 1. The van der Waals surface area contributed by atoms with Crippen LogP contribution in [0.3, 0.4) is 0 Å². The normalized spacial score (nSPS) is 12.4. The Labute approximate surface area is 97.3 Å². The Bertz CT molecular complexity index is 436. The molecular formula is C12H12F3NO. The van der Waals surface area contributed by atoms with Gasteiger partial charge in [0.2, 0.25) is 0 Å². The fourth-order valence-electron chi connectivity index (χ4n) is 1.42. The van der Waals surface area contributed by atoms with Crippen LogP contribution in [0.1, 0.15) is 11.1 Å². The molecule has 2 nitrogen and oxygen atoms in total. The lowest BCUT2D eigenvalue weighted by Gasteiger charge is -2.14. The third kappa shape index (κ3) is 3.34. The number of benzene rings is 1. The summed E-state index contributed by atoms with van der Waals surface area (Å²) in [5.74, 6) is 0. The van der Waals surface area contributed by atoms with E-state index in [9.17, 15) is 18.0 Å². The van der Waals surface area contributed by atoms with Crippen LogP contribution in [0.2, 0.25) is 0 Å². The maximum absolute atomic E-state index is 12.7. The van der Waals surface area contributed by atoms with Crippen molar-refractivity contribution in [2.45, 2.75) is 6.18 Å². The number of halogens is 3. The SMILES string of the molecule is CN(C)C=C(C=O)c1ccccc1C(F)(F)F. The number of hydrogen-bond acceptors (Lipinski definition) is 2. The molecule has 0 N–H and O–H groups in total. The second-order valence-corrected chi connectivity index (χ2v) is 3.71. The van der Waals surface area contributed by atoms with E-state index < -0.39 is 11.7 Å². The van der Waals surface area contributed by atoms with E-state index in [1.54, 1.807) is 14.1 Å². The molecule has 0 heterocycles. The van der Waals surface area contributed by atoms with Gasteiger partial charge in [0.15, 0.2) is 6.29 Å². The van der Waals surface area contributed by atoms with Gasteiger partial charge < -0.3 is 4.90 Å². The molecule has 0 aliphatic heterocycles. The number of rotatable bonds is 3. The zero-order chi connectivity index (χ0) is 13.1. The van der Waals surface area contributed by atoms with Crippen molar-refractivity contribution in [1.82, 2.24) is 4.90 Å². The molecule has 0 saturated heterocycles. The average molecular weight is 243 g/mol. The first kappa shape index (κ1) is 13.3. The van der Waals surface area contributed by atoms with Gasteiger partial charge in [0.05, 0.1) is 5.56 Å². The maximum atomic E-state index is 12.7. The Hall–Kier alpha value is -1.78. The third-order valence-electron chi connectivity index (χ3n) is 2.07. The summed E-state index contributed by atoms with van der Waals surface area (Å²) in [5.41, 5.74) is -0.910. The molecule has 0 saturated carbocycles. The van der Waals surface area contributed by atoms with Crippen molar-refractivity contribution in [3.8, 4) is 0 Å². The second-order valence-electron chi connectivity index (χ2n) is 3.71. The Balaban J connectivity index is 3.35. The molecule has 0 aliphatic rings. The highest BCUT2D eigenvalue weighted by Gasteiger charge is 2.33. The number of aldehydes is 1. The van der Waals surface area contributed by atoms with Gasteiger partial charge in [-0.25, -0.2) is 0 Å². The maximum Gasteiger partial charge on any atom is 0.417 e. The lowest BCUT2D eigenvalue weighted by Crippen LogP contribution is -2.10. The Morgan fingerprint density at radius 2 is 1.82 bits per heavy atom. The minimum atomic E-state index is -4.47. The van der Waals surface area contributed by atoms with Crippen LogP contribution in [0.5, 0.6) is 0 Å². The van der Waals surface area contributed by atoms with Gasteiger partial charge in [0, 0.05) is 25.9 Å². The van der Waals surface area contributed by atoms with Crippen LogP contribution >= 0.6 is 0 Å². The van der Waals surface area contributed by atoms with Crippen molar-refractivity contribution in [3.63, 3.8) is 0 Å². The number of alkyl halides is 3. The first-order valence-electron chi connectivity index (χ1n) is 4.86. The van der Waals surface area contributed by atoms with Crippen molar-refractivity contribution in [3.05, 3.63) is 41.6 Å². The summed E-state index contributed by atoms with van der Waals surface area (Å²) in [6, 6.07) is 5.01. The summed E-state index contributed by atoms with van der Waals surface area (Å²) in [5, 5.41) is 0. The fraction of sp³-hybridized carbons (Fsp3) is 0.250. The average Bonchev–Trinajstić information content (AvgIpc) is 2.24. The van der Waals surface area contributed by atoms with Gasteiger partial charge in [0.25, 0.3) is 0 Å². The standard InChI is InChI=1S/C12H12F3NO/c1-16(2)7-9(8-17)10-5-3-4-6-11(10)12(13,14)15/h3-8H,1-2H3. The smallest absolute Gasteiger partial charge is 0.383 e. The van der Waals surface area contributed by atoms with Crippen molar-refractivity contribution in [1.29, 1.82) is 0 Å². The minimum Gasteiger partial charge on any atom is -0.383 e. The zero-order valence-electron chi connectivity index (χ0n) is 9.45. The highest BCUT2D eigenvalue weighted by atomic mass is 19.4. The highest BCUT2D eigenvalue weighted by Crippen LogP contribution is 2.34. The molecule has 0 amide bonds. The van der Waals surface area contributed by atoms with Crippen LogP contribution in [0.15, 0.2) is 30.5 Å². The predicted octanol–water partition coefficient (Wildman–Crippen LogP) is 2.81. The van der Waals surface area contributed by atoms with E-state index in [-0.39, 0.29) is 11.1 Å². The topological polar surface area (TPSA) is 20.3 Å². The second kappa shape index (κ2) is 5.03. The molecule has 0 spiro atoms. The van der Waals surface area contributed by atoms with Crippen molar-refractivity contribution < 1.29 is 18.0 Å². The van der Waals surface area contributed by atoms with Crippen LogP contribution in [-0.2, 0) is 11.0 Å². The van der Waals surface area contributed by atoms with E-state index >= 15 is 0 Å². The molecule has 0 fully saturated rings. The molecular weight excluding hydrogens is 231 g/mol.